The molecule has 0 aliphatic heterocycles. The zero-order chi connectivity index (χ0) is 20.5. The molecule has 3 rings (SSSR count). The summed E-state index contributed by atoms with van der Waals surface area (Å²) in [5, 5.41) is 6.09. The van der Waals surface area contributed by atoms with E-state index in [9.17, 15) is 13.2 Å². The standard InChI is InChI=1S/C21H25N3O3S/c1-14-11-15(2)13-17(12-14)23-21(25)22-9-10-28(26,27)20-16(3)24(4)19-8-6-5-7-18(19)20/h5-8,11-13H,9-10H2,1-4H3,(H2,22,23,25). The van der Waals surface area contributed by atoms with E-state index < -0.39 is 15.9 Å². The van der Waals surface area contributed by atoms with E-state index in [1.54, 1.807) is 6.92 Å². The molecule has 1 aromatic heterocycles. The number of para-hydroxylation sites is 1. The van der Waals surface area contributed by atoms with E-state index in [-0.39, 0.29) is 12.3 Å². The Balaban J connectivity index is 1.69. The monoisotopic (exact) mass is 399 g/mol. The maximum Gasteiger partial charge on any atom is 0.319 e. The molecule has 28 heavy (non-hydrogen) atoms. The first-order valence-corrected chi connectivity index (χ1v) is 10.7. The number of sulfone groups is 1. The molecule has 0 fully saturated rings. The van der Waals surface area contributed by atoms with Crippen molar-refractivity contribution < 1.29 is 13.2 Å². The molecule has 0 saturated carbocycles. The van der Waals surface area contributed by atoms with Gasteiger partial charge in [-0.3, -0.25) is 0 Å². The Morgan fingerprint density at radius 1 is 1.04 bits per heavy atom. The van der Waals surface area contributed by atoms with E-state index in [2.05, 4.69) is 10.6 Å². The zero-order valence-corrected chi connectivity index (χ0v) is 17.4. The summed E-state index contributed by atoms with van der Waals surface area (Å²) in [6, 6.07) is 12.8. The van der Waals surface area contributed by atoms with Crippen molar-refractivity contribution in [3.05, 3.63) is 59.3 Å². The van der Waals surface area contributed by atoms with Gasteiger partial charge in [0.15, 0.2) is 9.84 Å². The third-order valence-corrected chi connectivity index (χ3v) is 6.67. The highest BCUT2D eigenvalue weighted by Crippen LogP contribution is 2.29. The lowest BCUT2D eigenvalue weighted by Crippen LogP contribution is -2.33. The van der Waals surface area contributed by atoms with Gasteiger partial charge in [0.2, 0.25) is 0 Å². The zero-order valence-electron chi connectivity index (χ0n) is 16.5. The normalized spacial score (nSPS) is 11.6. The number of benzene rings is 2. The maximum atomic E-state index is 12.9. The molecule has 0 aliphatic rings. The summed E-state index contributed by atoms with van der Waals surface area (Å²) in [4.78, 5) is 12.5. The summed E-state index contributed by atoms with van der Waals surface area (Å²) in [7, 11) is -1.69. The summed E-state index contributed by atoms with van der Waals surface area (Å²) in [6.07, 6.45) is 0. The minimum atomic E-state index is -3.54. The van der Waals surface area contributed by atoms with E-state index in [4.69, 9.17) is 0 Å². The van der Waals surface area contributed by atoms with Crippen LogP contribution in [0.4, 0.5) is 10.5 Å². The van der Waals surface area contributed by atoms with Gasteiger partial charge in [-0.2, -0.15) is 0 Å². The number of nitrogens with one attached hydrogen (secondary N) is 2. The van der Waals surface area contributed by atoms with Gasteiger partial charge in [0.25, 0.3) is 0 Å². The molecule has 2 N–H and O–H groups in total. The highest BCUT2D eigenvalue weighted by molar-refractivity contribution is 7.91. The molecule has 0 radical (unpaired) electrons. The van der Waals surface area contributed by atoms with Crippen LogP contribution < -0.4 is 10.6 Å². The summed E-state index contributed by atoms with van der Waals surface area (Å²) < 4.78 is 27.7. The average Bonchev–Trinajstić information content (AvgIpc) is 2.85. The van der Waals surface area contributed by atoms with Gasteiger partial charge in [0, 0.05) is 35.9 Å². The van der Waals surface area contributed by atoms with Crippen molar-refractivity contribution in [2.45, 2.75) is 25.7 Å². The van der Waals surface area contributed by atoms with E-state index >= 15 is 0 Å². The van der Waals surface area contributed by atoms with Gasteiger partial charge in [0.05, 0.1) is 10.6 Å². The third-order valence-electron chi connectivity index (χ3n) is 4.79. The Kier molecular flexibility index (Phi) is 5.47. The highest BCUT2D eigenvalue weighted by Gasteiger charge is 2.24. The Hall–Kier alpha value is -2.80. The Bertz CT molecular complexity index is 1130. The average molecular weight is 400 g/mol. The number of fused-ring (bicyclic) bond motifs is 1. The molecule has 148 valence electrons. The van der Waals surface area contributed by atoms with Gasteiger partial charge in [-0.25, -0.2) is 13.2 Å². The van der Waals surface area contributed by atoms with Crippen LogP contribution in [0.5, 0.6) is 0 Å². The van der Waals surface area contributed by atoms with Crippen LogP contribution in [0.2, 0.25) is 0 Å². The van der Waals surface area contributed by atoms with Gasteiger partial charge in [-0.15, -0.1) is 0 Å². The molecule has 6 nitrogen and oxygen atoms in total. The van der Waals surface area contributed by atoms with Crippen molar-refractivity contribution in [3.63, 3.8) is 0 Å². The summed E-state index contributed by atoms with van der Waals surface area (Å²) in [5.41, 5.74) is 4.34. The Morgan fingerprint density at radius 2 is 1.68 bits per heavy atom. The number of carbonyl (C=O) groups excluding carboxylic acids is 1. The first kappa shape index (κ1) is 19.9. The number of urea groups is 1. The molecule has 3 aromatic rings. The van der Waals surface area contributed by atoms with Crippen molar-refractivity contribution in [1.82, 2.24) is 9.88 Å². The van der Waals surface area contributed by atoms with Gasteiger partial charge >= 0.3 is 6.03 Å². The second-order valence-corrected chi connectivity index (χ2v) is 9.11. The van der Waals surface area contributed by atoms with Gasteiger partial charge in [-0.1, -0.05) is 24.3 Å². The van der Waals surface area contributed by atoms with Gasteiger partial charge < -0.3 is 15.2 Å². The molecule has 0 bridgehead atoms. The van der Waals surface area contributed by atoms with Crippen LogP contribution in [0.15, 0.2) is 47.4 Å². The predicted molar refractivity (Wildman–Crippen MR) is 113 cm³/mol. The predicted octanol–water partition coefficient (Wildman–Crippen LogP) is 3.70. The number of hydrogen-bond acceptors (Lipinski definition) is 3. The van der Waals surface area contributed by atoms with E-state index in [0.29, 0.717) is 21.7 Å². The molecule has 2 amide bonds. The molecule has 0 unspecified atom stereocenters. The van der Waals surface area contributed by atoms with Gasteiger partial charge in [0.1, 0.15) is 0 Å². The Labute approximate surface area is 165 Å². The number of hydrogen-bond donors (Lipinski definition) is 2. The summed E-state index contributed by atoms with van der Waals surface area (Å²) >= 11 is 0. The van der Waals surface area contributed by atoms with Crippen LogP contribution >= 0.6 is 0 Å². The van der Waals surface area contributed by atoms with Crippen molar-refractivity contribution in [1.29, 1.82) is 0 Å². The molecular formula is C21H25N3O3S. The lowest BCUT2D eigenvalue weighted by atomic mass is 10.1. The van der Waals surface area contributed by atoms with Crippen molar-refractivity contribution in [2.75, 3.05) is 17.6 Å². The number of anilines is 1. The smallest absolute Gasteiger partial charge is 0.319 e. The first-order chi connectivity index (χ1) is 13.2. The second kappa shape index (κ2) is 7.67. The fourth-order valence-electron chi connectivity index (χ4n) is 3.50. The van der Waals surface area contributed by atoms with Crippen LogP contribution in [-0.4, -0.2) is 31.3 Å². The molecule has 7 heteroatoms. The van der Waals surface area contributed by atoms with Crippen molar-refractivity contribution in [2.24, 2.45) is 7.05 Å². The van der Waals surface area contributed by atoms with Gasteiger partial charge in [-0.05, 0) is 50.1 Å². The molecule has 0 aliphatic carbocycles. The molecule has 0 atom stereocenters. The largest absolute Gasteiger partial charge is 0.347 e. The SMILES string of the molecule is Cc1cc(C)cc(NC(=O)NCCS(=O)(=O)c2c(C)n(C)c3ccccc23)c1. The quantitative estimate of drug-likeness (QED) is 0.686. The fourth-order valence-corrected chi connectivity index (χ4v) is 5.17. The topological polar surface area (TPSA) is 80.2 Å². The molecule has 1 heterocycles. The number of nitrogens with zero attached hydrogens (tertiary/aromatic N) is 1. The fraction of sp³-hybridized carbons (Fsp3) is 0.286. The van der Waals surface area contributed by atoms with E-state index in [0.717, 1.165) is 16.6 Å². The minimum Gasteiger partial charge on any atom is -0.347 e. The number of amides is 2. The minimum absolute atomic E-state index is 0.0294. The summed E-state index contributed by atoms with van der Waals surface area (Å²) in [5.74, 6) is -0.165. The lowest BCUT2D eigenvalue weighted by molar-refractivity contribution is 0.252. The third kappa shape index (κ3) is 4.04. The molecule has 0 saturated heterocycles. The van der Waals surface area contributed by atoms with E-state index in [1.165, 1.54) is 0 Å². The van der Waals surface area contributed by atoms with Crippen molar-refractivity contribution in [3.8, 4) is 0 Å². The lowest BCUT2D eigenvalue weighted by Gasteiger charge is -2.10. The number of carbonyl (C=O) groups is 1. The molecule has 2 aromatic carbocycles. The molecule has 0 spiro atoms. The molecular weight excluding hydrogens is 374 g/mol. The maximum absolute atomic E-state index is 12.9. The van der Waals surface area contributed by atoms with Crippen LogP contribution in [0.1, 0.15) is 16.8 Å². The summed E-state index contributed by atoms with van der Waals surface area (Å²) in [6.45, 7) is 5.74. The van der Waals surface area contributed by atoms with Crippen LogP contribution in [0.25, 0.3) is 10.9 Å². The van der Waals surface area contributed by atoms with Crippen LogP contribution in [0, 0.1) is 20.8 Å². The number of rotatable bonds is 5. The van der Waals surface area contributed by atoms with E-state index in [1.807, 2.05) is 67.9 Å². The number of aromatic nitrogens is 1. The number of aryl methyl sites for hydroxylation is 3. The highest BCUT2D eigenvalue weighted by atomic mass is 32.2. The van der Waals surface area contributed by atoms with Crippen LogP contribution in [-0.2, 0) is 16.9 Å². The van der Waals surface area contributed by atoms with Crippen LogP contribution in [0.3, 0.4) is 0 Å². The first-order valence-electron chi connectivity index (χ1n) is 9.09. The Morgan fingerprint density at radius 3 is 2.36 bits per heavy atom. The van der Waals surface area contributed by atoms with Crippen molar-refractivity contribution >= 4 is 32.5 Å². The second-order valence-electron chi connectivity index (χ2n) is 7.07.